The Kier molecular flexibility index (Phi) is 4.49. The molecule has 2 aliphatic rings. The molecule has 4 heteroatoms. The molecule has 2 aliphatic heterocycles. The van der Waals surface area contributed by atoms with Crippen molar-refractivity contribution < 1.29 is 4.79 Å². The number of carbonyl (C=O) groups excluding carboxylic acids is 1. The summed E-state index contributed by atoms with van der Waals surface area (Å²) in [7, 11) is 0. The van der Waals surface area contributed by atoms with E-state index >= 15 is 0 Å². The molecule has 2 amide bonds. The molecule has 2 fully saturated rings. The number of amides is 2. The highest BCUT2D eigenvalue weighted by molar-refractivity contribution is 5.74. The molecule has 2 unspecified atom stereocenters. The van der Waals surface area contributed by atoms with E-state index in [2.05, 4.69) is 13.8 Å². The van der Waals surface area contributed by atoms with E-state index in [-0.39, 0.29) is 6.03 Å². The van der Waals surface area contributed by atoms with Gasteiger partial charge in [-0.1, -0.05) is 13.8 Å². The predicted molar refractivity (Wildman–Crippen MR) is 73.3 cm³/mol. The van der Waals surface area contributed by atoms with E-state index in [1.807, 2.05) is 9.80 Å². The van der Waals surface area contributed by atoms with Gasteiger partial charge in [0.2, 0.25) is 0 Å². The molecule has 2 rings (SSSR count). The molecule has 2 atom stereocenters. The number of piperidine rings is 2. The van der Waals surface area contributed by atoms with Crippen molar-refractivity contribution >= 4 is 6.03 Å². The largest absolute Gasteiger partial charge is 0.330 e. The van der Waals surface area contributed by atoms with Gasteiger partial charge in [0.1, 0.15) is 0 Å². The van der Waals surface area contributed by atoms with Crippen molar-refractivity contribution in [1.82, 2.24) is 9.80 Å². The summed E-state index contributed by atoms with van der Waals surface area (Å²) in [5.74, 6) is 1.90. The van der Waals surface area contributed by atoms with Gasteiger partial charge in [-0.15, -0.1) is 0 Å². The smallest absolute Gasteiger partial charge is 0.320 e. The van der Waals surface area contributed by atoms with Crippen molar-refractivity contribution in [2.24, 2.45) is 23.5 Å². The normalized spacial score (nSPS) is 30.6. The number of carbonyl (C=O) groups is 1. The molecule has 0 aliphatic carbocycles. The van der Waals surface area contributed by atoms with E-state index in [0.717, 1.165) is 51.4 Å². The molecule has 0 aromatic rings. The molecule has 2 heterocycles. The Labute approximate surface area is 110 Å². The van der Waals surface area contributed by atoms with Crippen LogP contribution in [0.1, 0.15) is 33.1 Å². The molecule has 4 nitrogen and oxygen atoms in total. The van der Waals surface area contributed by atoms with Gasteiger partial charge in [0.05, 0.1) is 0 Å². The monoisotopic (exact) mass is 253 g/mol. The van der Waals surface area contributed by atoms with Crippen molar-refractivity contribution in [3.05, 3.63) is 0 Å². The molecule has 0 spiro atoms. The second-order valence-corrected chi connectivity index (χ2v) is 6.16. The standard InChI is InChI=1S/C14H27N3O/c1-11-3-6-16(7-4-11)14(18)17-8-5-12(2)13(9-15)10-17/h11-13H,3-10,15H2,1-2H3. The van der Waals surface area contributed by atoms with Crippen LogP contribution in [0.2, 0.25) is 0 Å². The summed E-state index contributed by atoms with van der Waals surface area (Å²) in [5, 5.41) is 0. The molecule has 0 aromatic heterocycles. The van der Waals surface area contributed by atoms with Gasteiger partial charge >= 0.3 is 6.03 Å². The number of nitrogens with two attached hydrogens (primary N) is 1. The first-order valence-corrected chi connectivity index (χ1v) is 7.35. The van der Waals surface area contributed by atoms with E-state index in [0.29, 0.717) is 18.4 Å². The third-order valence-corrected chi connectivity index (χ3v) is 4.74. The highest BCUT2D eigenvalue weighted by Gasteiger charge is 2.31. The van der Waals surface area contributed by atoms with Crippen LogP contribution in [0.5, 0.6) is 0 Å². The first-order chi connectivity index (χ1) is 8.61. The minimum absolute atomic E-state index is 0.243. The van der Waals surface area contributed by atoms with Crippen LogP contribution in [-0.4, -0.2) is 48.6 Å². The molecule has 2 saturated heterocycles. The lowest BCUT2D eigenvalue weighted by Gasteiger charge is -2.40. The Balaban J connectivity index is 1.89. The number of rotatable bonds is 1. The Morgan fingerprint density at radius 1 is 1.11 bits per heavy atom. The summed E-state index contributed by atoms with van der Waals surface area (Å²) in [5.41, 5.74) is 5.80. The van der Waals surface area contributed by atoms with Gasteiger partial charge in [-0.2, -0.15) is 0 Å². The van der Waals surface area contributed by atoms with Crippen LogP contribution in [0.15, 0.2) is 0 Å². The summed E-state index contributed by atoms with van der Waals surface area (Å²) >= 11 is 0. The van der Waals surface area contributed by atoms with Crippen LogP contribution in [0.3, 0.4) is 0 Å². The molecule has 0 bridgehead atoms. The fourth-order valence-corrected chi connectivity index (χ4v) is 3.03. The molecule has 18 heavy (non-hydrogen) atoms. The molecule has 0 saturated carbocycles. The number of hydrogen-bond donors (Lipinski definition) is 1. The quantitative estimate of drug-likeness (QED) is 0.774. The van der Waals surface area contributed by atoms with Gasteiger partial charge in [0.15, 0.2) is 0 Å². The summed E-state index contributed by atoms with van der Waals surface area (Å²) in [6.07, 6.45) is 3.39. The van der Waals surface area contributed by atoms with Gasteiger partial charge in [-0.3, -0.25) is 0 Å². The molecular weight excluding hydrogens is 226 g/mol. The van der Waals surface area contributed by atoms with E-state index in [4.69, 9.17) is 5.73 Å². The number of hydrogen-bond acceptors (Lipinski definition) is 2. The first-order valence-electron chi connectivity index (χ1n) is 7.35. The average molecular weight is 253 g/mol. The van der Waals surface area contributed by atoms with E-state index in [1.165, 1.54) is 0 Å². The van der Waals surface area contributed by atoms with E-state index in [1.54, 1.807) is 0 Å². The highest BCUT2D eigenvalue weighted by Crippen LogP contribution is 2.24. The van der Waals surface area contributed by atoms with Crippen molar-refractivity contribution in [1.29, 1.82) is 0 Å². The van der Waals surface area contributed by atoms with Crippen LogP contribution in [-0.2, 0) is 0 Å². The van der Waals surface area contributed by atoms with Crippen LogP contribution in [0.25, 0.3) is 0 Å². The second-order valence-electron chi connectivity index (χ2n) is 6.16. The lowest BCUT2D eigenvalue weighted by atomic mass is 9.87. The number of urea groups is 1. The van der Waals surface area contributed by atoms with Crippen molar-refractivity contribution in [2.75, 3.05) is 32.7 Å². The van der Waals surface area contributed by atoms with E-state index in [9.17, 15) is 4.79 Å². The van der Waals surface area contributed by atoms with Crippen molar-refractivity contribution in [3.8, 4) is 0 Å². The SMILES string of the molecule is CC1CCN(C(=O)N2CCC(C)C(CN)C2)CC1. The van der Waals surface area contributed by atoms with Gasteiger partial charge in [-0.25, -0.2) is 4.79 Å². The maximum atomic E-state index is 12.4. The number of nitrogens with zero attached hydrogens (tertiary/aromatic N) is 2. The first kappa shape index (κ1) is 13.7. The zero-order valence-electron chi connectivity index (χ0n) is 11.8. The fourth-order valence-electron chi connectivity index (χ4n) is 3.03. The third-order valence-electron chi connectivity index (χ3n) is 4.74. The van der Waals surface area contributed by atoms with Crippen LogP contribution in [0, 0.1) is 17.8 Å². The van der Waals surface area contributed by atoms with Gasteiger partial charge in [0, 0.05) is 26.2 Å². The van der Waals surface area contributed by atoms with Gasteiger partial charge in [0.25, 0.3) is 0 Å². The van der Waals surface area contributed by atoms with Crippen molar-refractivity contribution in [2.45, 2.75) is 33.1 Å². The fraction of sp³-hybridized carbons (Fsp3) is 0.929. The Morgan fingerprint density at radius 3 is 2.33 bits per heavy atom. The van der Waals surface area contributed by atoms with Crippen molar-refractivity contribution in [3.63, 3.8) is 0 Å². The van der Waals surface area contributed by atoms with Crippen LogP contribution in [0.4, 0.5) is 4.79 Å². The summed E-state index contributed by atoms with van der Waals surface area (Å²) in [6, 6.07) is 0.243. The zero-order chi connectivity index (χ0) is 13.1. The maximum Gasteiger partial charge on any atom is 0.320 e. The maximum absolute atomic E-state index is 12.4. The van der Waals surface area contributed by atoms with E-state index < -0.39 is 0 Å². The third kappa shape index (κ3) is 2.97. The zero-order valence-corrected chi connectivity index (χ0v) is 11.8. The van der Waals surface area contributed by atoms with Gasteiger partial charge in [-0.05, 0) is 43.6 Å². The molecule has 0 radical (unpaired) electrons. The Morgan fingerprint density at radius 2 is 1.72 bits per heavy atom. The Bertz CT molecular complexity index is 287. The highest BCUT2D eigenvalue weighted by atomic mass is 16.2. The predicted octanol–water partition coefficient (Wildman–Crippen LogP) is 1.76. The summed E-state index contributed by atoms with van der Waals surface area (Å²) in [6.45, 7) is 8.84. The van der Waals surface area contributed by atoms with Crippen LogP contribution >= 0.6 is 0 Å². The summed E-state index contributed by atoms with van der Waals surface area (Å²) < 4.78 is 0. The minimum atomic E-state index is 0.243. The molecule has 2 N–H and O–H groups in total. The lowest BCUT2D eigenvalue weighted by molar-refractivity contribution is 0.100. The van der Waals surface area contributed by atoms with Crippen LogP contribution < -0.4 is 5.73 Å². The topological polar surface area (TPSA) is 49.6 Å². The molecule has 104 valence electrons. The number of likely N-dealkylation sites (tertiary alicyclic amines) is 2. The van der Waals surface area contributed by atoms with Gasteiger partial charge < -0.3 is 15.5 Å². The summed E-state index contributed by atoms with van der Waals surface area (Å²) in [4.78, 5) is 16.5. The molecule has 0 aromatic carbocycles. The Hall–Kier alpha value is -0.770. The average Bonchev–Trinajstić information content (AvgIpc) is 2.39. The molecular formula is C14H27N3O. The minimum Gasteiger partial charge on any atom is -0.330 e. The lowest BCUT2D eigenvalue weighted by Crippen LogP contribution is -2.52. The second kappa shape index (κ2) is 5.91.